The molecule has 0 aliphatic heterocycles. The van der Waals surface area contributed by atoms with E-state index in [1.54, 1.807) is 50.5 Å². The van der Waals surface area contributed by atoms with E-state index in [2.05, 4.69) is 10.3 Å². The molecule has 0 amide bonds. The van der Waals surface area contributed by atoms with Crippen LogP contribution in [0, 0.1) is 5.82 Å². The van der Waals surface area contributed by atoms with E-state index in [-0.39, 0.29) is 18.0 Å². The van der Waals surface area contributed by atoms with E-state index in [0.717, 1.165) is 0 Å². The van der Waals surface area contributed by atoms with Crippen molar-refractivity contribution >= 4 is 33.5 Å². The molecule has 4 aromatic rings. The third kappa shape index (κ3) is 2.81. The highest BCUT2D eigenvalue weighted by Gasteiger charge is 2.15. The number of fused-ring (bicyclic) bond motifs is 3. The second-order valence-electron chi connectivity index (χ2n) is 6.30. The third-order valence-electron chi connectivity index (χ3n) is 4.64. The second-order valence-corrected chi connectivity index (χ2v) is 6.30. The number of hydrogen-bond acceptors (Lipinski definition) is 4. The largest absolute Gasteiger partial charge is 0.462 e. The Hall–Kier alpha value is -3.61. The Morgan fingerprint density at radius 3 is 2.75 bits per heavy atom. The summed E-state index contributed by atoms with van der Waals surface area (Å²) in [5.74, 6) is -0.831. The van der Waals surface area contributed by atoms with Crippen LogP contribution in [0.25, 0.3) is 27.5 Å². The highest BCUT2D eigenvalue weighted by atomic mass is 19.1. The predicted molar refractivity (Wildman–Crippen MR) is 107 cm³/mol. The number of ether oxygens (including phenoxy) is 1. The average Bonchev–Trinajstić information content (AvgIpc) is 3.07. The van der Waals surface area contributed by atoms with Crippen molar-refractivity contribution in [1.29, 1.82) is 0 Å². The van der Waals surface area contributed by atoms with Gasteiger partial charge in [0.2, 0.25) is 0 Å². The zero-order valence-electron chi connectivity index (χ0n) is 15.4. The molecule has 0 saturated carbocycles. The lowest BCUT2D eigenvalue weighted by atomic mass is 10.1. The van der Waals surface area contributed by atoms with Gasteiger partial charge in [0.05, 0.1) is 23.4 Å². The fourth-order valence-electron chi connectivity index (χ4n) is 3.36. The molecule has 0 atom stereocenters. The van der Waals surface area contributed by atoms with Crippen LogP contribution in [0.2, 0.25) is 0 Å². The number of aromatic amines is 1. The minimum atomic E-state index is -0.446. The molecule has 0 aliphatic carbocycles. The molecule has 0 fully saturated rings. The Bertz CT molecular complexity index is 1270. The van der Waals surface area contributed by atoms with Crippen LogP contribution >= 0.6 is 0 Å². The van der Waals surface area contributed by atoms with Gasteiger partial charge in [-0.1, -0.05) is 6.07 Å². The summed E-state index contributed by atoms with van der Waals surface area (Å²) in [5, 5.41) is 4.20. The van der Waals surface area contributed by atoms with Crippen molar-refractivity contribution in [3.63, 3.8) is 0 Å². The Labute approximate surface area is 159 Å². The highest BCUT2D eigenvalue weighted by molar-refractivity contribution is 6.10. The molecule has 28 heavy (non-hydrogen) atoms. The van der Waals surface area contributed by atoms with Crippen LogP contribution in [0.3, 0.4) is 0 Å². The van der Waals surface area contributed by atoms with E-state index < -0.39 is 5.97 Å². The molecule has 2 N–H and O–H groups in total. The van der Waals surface area contributed by atoms with Gasteiger partial charge in [-0.2, -0.15) is 0 Å². The summed E-state index contributed by atoms with van der Waals surface area (Å²) in [5.41, 5.74) is 2.20. The Morgan fingerprint density at radius 2 is 2.00 bits per heavy atom. The SMILES string of the molecule is CCOC(=O)c1cccc(-n2ccc3c([nH]c4c(NC)cc(F)cc43)c2=O)c1. The molecule has 4 rings (SSSR count). The van der Waals surface area contributed by atoms with E-state index in [4.69, 9.17) is 4.74 Å². The number of esters is 1. The van der Waals surface area contributed by atoms with Gasteiger partial charge in [0.15, 0.2) is 0 Å². The van der Waals surface area contributed by atoms with E-state index in [1.165, 1.54) is 16.7 Å². The van der Waals surface area contributed by atoms with Crippen LogP contribution in [0.1, 0.15) is 17.3 Å². The van der Waals surface area contributed by atoms with Gasteiger partial charge in [-0.25, -0.2) is 9.18 Å². The highest BCUT2D eigenvalue weighted by Crippen LogP contribution is 2.30. The lowest BCUT2D eigenvalue weighted by molar-refractivity contribution is 0.0526. The van der Waals surface area contributed by atoms with Crippen LogP contribution in [-0.4, -0.2) is 29.2 Å². The van der Waals surface area contributed by atoms with Crippen LogP contribution in [0.4, 0.5) is 10.1 Å². The number of aromatic nitrogens is 2. The number of pyridine rings is 1. The molecule has 0 unspecified atom stereocenters. The Balaban J connectivity index is 1.92. The number of H-pyrrole nitrogens is 1. The molecule has 0 bridgehead atoms. The maximum Gasteiger partial charge on any atom is 0.338 e. The van der Waals surface area contributed by atoms with Crippen LogP contribution in [0.5, 0.6) is 0 Å². The van der Waals surface area contributed by atoms with E-state index >= 15 is 0 Å². The maximum absolute atomic E-state index is 13.9. The van der Waals surface area contributed by atoms with Crippen molar-refractivity contribution in [3.05, 3.63) is 70.4 Å². The minimum Gasteiger partial charge on any atom is -0.462 e. The molecule has 142 valence electrons. The smallest absolute Gasteiger partial charge is 0.338 e. The molecular formula is C21H18FN3O3. The van der Waals surface area contributed by atoms with Gasteiger partial charge in [-0.3, -0.25) is 9.36 Å². The number of rotatable bonds is 4. The van der Waals surface area contributed by atoms with Crippen molar-refractivity contribution in [2.45, 2.75) is 6.92 Å². The van der Waals surface area contributed by atoms with Crippen LogP contribution in [0.15, 0.2) is 53.5 Å². The molecule has 7 heteroatoms. The first-order valence-electron chi connectivity index (χ1n) is 8.85. The van der Waals surface area contributed by atoms with E-state index in [0.29, 0.717) is 38.7 Å². The standard InChI is InChI=1S/C21H18FN3O3/c1-3-28-21(27)12-5-4-6-14(9-12)25-8-7-15-16-10-13(22)11-17(23-2)18(16)24-19(15)20(25)26/h4-11,23-24H,3H2,1-2H3. The van der Waals surface area contributed by atoms with Crippen molar-refractivity contribution in [2.75, 3.05) is 19.0 Å². The molecular weight excluding hydrogens is 361 g/mol. The van der Waals surface area contributed by atoms with Crippen LogP contribution in [-0.2, 0) is 4.74 Å². The first-order chi connectivity index (χ1) is 13.5. The van der Waals surface area contributed by atoms with Gasteiger partial charge >= 0.3 is 5.97 Å². The van der Waals surface area contributed by atoms with E-state index in [1.807, 2.05) is 0 Å². The molecule has 0 spiro atoms. The monoisotopic (exact) mass is 379 g/mol. The van der Waals surface area contributed by atoms with Gasteiger partial charge in [-0.05, 0) is 43.3 Å². The van der Waals surface area contributed by atoms with Gasteiger partial charge in [0.25, 0.3) is 5.56 Å². The molecule has 0 saturated heterocycles. The maximum atomic E-state index is 13.9. The minimum absolute atomic E-state index is 0.272. The normalized spacial score (nSPS) is 11.1. The molecule has 2 heterocycles. The van der Waals surface area contributed by atoms with Crippen molar-refractivity contribution in [1.82, 2.24) is 9.55 Å². The summed E-state index contributed by atoms with van der Waals surface area (Å²) in [6.45, 7) is 2.01. The summed E-state index contributed by atoms with van der Waals surface area (Å²) in [7, 11) is 1.69. The number of anilines is 1. The number of benzene rings is 2. The van der Waals surface area contributed by atoms with Gasteiger partial charge < -0.3 is 15.0 Å². The lowest BCUT2D eigenvalue weighted by Crippen LogP contribution is -2.18. The Morgan fingerprint density at radius 1 is 1.18 bits per heavy atom. The summed E-state index contributed by atoms with van der Waals surface area (Å²) < 4.78 is 20.4. The third-order valence-corrected chi connectivity index (χ3v) is 4.64. The number of hydrogen-bond donors (Lipinski definition) is 2. The summed E-state index contributed by atoms with van der Waals surface area (Å²) in [6, 6.07) is 11.2. The van der Waals surface area contributed by atoms with Crippen molar-refractivity contribution in [3.8, 4) is 5.69 Å². The first-order valence-corrected chi connectivity index (χ1v) is 8.85. The zero-order valence-corrected chi connectivity index (χ0v) is 15.4. The topological polar surface area (TPSA) is 76.1 Å². The molecule has 2 aromatic heterocycles. The van der Waals surface area contributed by atoms with Crippen molar-refractivity contribution in [2.24, 2.45) is 0 Å². The summed E-state index contributed by atoms with van der Waals surface area (Å²) in [6.07, 6.45) is 1.62. The number of carbonyl (C=O) groups is 1. The molecule has 0 radical (unpaired) electrons. The van der Waals surface area contributed by atoms with Crippen LogP contribution < -0.4 is 10.9 Å². The van der Waals surface area contributed by atoms with Crippen molar-refractivity contribution < 1.29 is 13.9 Å². The molecule has 0 aliphatic rings. The number of nitrogens with one attached hydrogen (secondary N) is 2. The lowest BCUT2D eigenvalue weighted by Gasteiger charge is -2.08. The van der Waals surface area contributed by atoms with Gasteiger partial charge in [0, 0.05) is 29.7 Å². The second kappa shape index (κ2) is 6.84. The fraction of sp³-hybridized carbons (Fsp3) is 0.143. The molecule has 6 nitrogen and oxygen atoms in total. The van der Waals surface area contributed by atoms with Gasteiger partial charge in [0.1, 0.15) is 11.3 Å². The number of nitrogens with zero attached hydrogens (tertiary/aromatic N) is 1. The summed E-state index contributed by atoms with van der Waals surface area (Å²) in [4.78, 5) is 28.2. The van der Waals surface area contributed by atoms with E-state index in [9.17, 15) is 14.0 Å². The predicted octanol–water partition coefficient (Wildman–Crippen LogP) is 3.83. The fourth-order valence-corrected chi connectivity index (χ4v) is 3.36. The summed E-state index contributed by atoms with van der Waals surface area (Å²) >= 11 is 0. The number of carbonyl (C=O) groups excluding carboxylic acids is 1. The average molecular weight is 379 g/mol. The number of halogens is 1. The van der Waals surface area contributed by atoms with Gasteiger partial charge in [-0.15, -0.1) is 0 Å². The molecule has 2 aromatic carbocycles. The first kappa shape index (κ1) is 17.8. The quantitative estimate of drug-likeness (QED) is 0.529. The zero-order chi connectivity index (χ0) is 19.8. The Kier molecular flexibility index (Phi) is 4.35.